The Balaban J connectivity index is 1.92. The van der Waals surface area contributed by atoms with Crippen LogP contribution in [-0.4, -0.2) is 56.7 Å². The highest BCUT2D eigenvalue weighted by Crippen LogP contribution is 2.12. The molecule has 1 aliphatic heterocycles. The molecular weight excluding hydrogens is 294 g/mol. The van der Waals surface area contributed by atoms with E-state index in [1.165, 1.54) is 12.8 Å². The van der Waals surface area contributed by atoms with Crippen molar-refractivity contribution in [3.63, 3.8) is 0 Å². The topological polar surface area (TPSA) is 63.2 Å². The molecule has 1 aliphatic rings. The normalized spacial score (nSPS) is 15.5. The van der Waals surface area contributed by atoms with Crippen LogP contribution in [0.25, 0.3) is 0 Å². The Morgan fingerprint density at radius 3 is 2.83 bits per heavy atom. The molecule has 1 aromatic rings. The van der Waals surface area contributed by atoms with Gasteiger partial charge >= 0.3 is 0 Å². The number of methoxy groups -OCH3 is 1. The van der Waals surface area contributed by atoms with Gasteiger partial charge in [0.2, 0.25) is 0 Å². The quantitative estimate of drug-likeness (QED) is 0.643. The summed E-state index contributed by atoms with van der Waals surface area (Å²) in [5.41, 5.74) is 0.510. The number of benzene rings is 1. The Kier molecular flexibility index (Phi) is 6.87. The zero-order valence-electron chi connectivity index (χ0n) is 13.9. The van der Waals surface area contributed by atoms with E-state index < -0.39 is 0 Å². The second kappa shape index (κ2) is 9.15. The molecule has 0 radical (unpaired) electrons. The molecule has 6 nitrogen and oxygen atoms in total. The molecule has 23 heavy (non-hydrogen) atoms. The van der Waals surface area contributed by atoms with E-state index >= 15 is 0 Å². The van der Waals surface area contributed by atoms with Crippen molar-refractivity contribution >= 4 is 11.9 Å². The Morgan fingerprint density at radius 2 is 2.13 bits per heavy atom. The van der Waals surface area contributed by atoms with Crippen molar-refractivity contribution in [1.82, 2.24) is 10.2 Å². The van der Waals surface area contributed by atoms with E-state index in [-0.39, 0.29) is 11.9 Å². The molecule has 0 aliphatic carbocycles. The molecule has 1 saturated heterocycles. The first-order valence-electron chi connectivity index (χ1n) is 8.08. The molecule has 1 fully saturated rings. The van der Waals surface area contributed by atoms with Gasteiger partial charge in [0, 0.05) is 12.1 Å². The first-order valence-corrected chi connectivity index (χ1v) is 8.08. The van der Waals surface area contributed by atoms with Gasteiger partial charge in [0.25, 0.3) is 11.9 Å². The number of aliphatic imine (C=N–C) groups is 1. The number of nitrogens with zero attached hydrogens (tertiary/aromatic N) is 2. The van der Waals surface area contributed by atoms with Crippen molar-refractivity contribution in [1.29, 1.82) is 0 Å². The van der Waals surface area contributed by atoms with Gasteiger partial charge in [-0.1, -0.05) is 6.07 Å². The summed E-state index contributed by atoms with van der Waals surface area (Å²) in [5, 5.41) is 2.73. The zero-order valence-corrected chi connectivity index (χ0v) is 13.9. The molecular formula is C17H25N3O3. The maximum Gasteiger partial charge on any atom is 0.291 e. The SMILES string of the molecule is CCOC(=NCCN1CCCC1)NC(=O)c1cccc(OC)c1. The van der Waals surface area contributed by atoms with Crippen LogP contribution in [0.15, 0.2) is 29.3 Å². The lowest BCUT2D eigenvalue weighted by Gasteiger charge is -2.13. The summed E-state index contributed by atoms with van der Waals surface area (Å²) in [5.74, 6) is 0.388. The number of nitrogens with one attached hydrogen (secondary N) is 1. The standard InChI is InChI=1S/C17H25N3O3/c1-3-23-17(18-9-12-20-10-4-5-11-20)19-16(21)14-7-6-8-15(13-14)22-2/h6-8,13H,3-5,9-12H2,1-2H3,(H,18,19,21). The van der Waals surface area contributed by atoms with Crippen LogP contribution in [0, 0.1) is 0 Å². The van der Waals surface area contributed by atoms with Crippen LogP contribution in [-0.2, 0) is 4.74 Å². The van der Waals surface area contributed by atoms with Crippen molar-refractivity contribution in [2.45, 2.75) is 19.8 Å². The average molecular weight is 319 g/mol. The van der Waals surface area contributed by atoms with Crippen LogP contribution >= 0.6 is 0 Å². The van der Waals surface area contributed by atoms with Crippen molar-refractivity contribution < 1.29 is 14.3 Å². The number of ether oxygens (including phenoxy) is 2. The van der Waals surface area contributed by atoms with Gasteiger partial charge in [0.15, 0.2) is 0 Å². The van der Waals surface area contributed by atoms with E-state index in [2.05, 4.69) is 15.2 Å². The highest BCUT2D eigenvalue weighted by molar-refractivity contribution is 6.04. The van der Waals surface area contributed by atoms with Crippen molar-refractivity contribution in [3.8, 4) is 5.75 Å². The fraction of sp³-hybridized carbons (Fsp3) is 0.529. The molecule has 1 heterocycles. The lowest BCUT2D eigenvalue weighted by atomic mass is 10.2. The molecule has 0 saturated carbocycles. The molecule has 2 rings (SSSR count). The van der Waals surface area contributed by atoms with Gasteiger partial charge in [-0.05, 0) is 51.1 Å². The van der Waals surface area contributed by atoms with Crippen molar-refractivity contribution in [2.75, 3.05) is 39.9 Å². The van der Waals surface area contributed by atoms with Crippen LogP contribution in [0.4, 0.5) is 0 Å². The van der Waals surface area contributed by atoms with Gasteiger partial charge in [-0.15, -0.1) is 0 Å². The second-order valence-corrected chi connectivity index (χ2v) is 5.35. The summed E-state index contributed by atoms with van der Waals surface area (Å²) in [6, 6.07) is 7.26. The number of carbonyl (C=O) groups excluding carboxylic acids is 1. The van der Waals surface area contributed by atoms with Crippen molar-refractivity contribution in [2.24, 2.45) is 4.99 Å². The third kappa shape index (κ3) is 5.56. The average Bonchev–Trinajstić information content (AvgIpc) is 3.08. The van der Waals surface area contributed by atoms with E-state index in [1.807, 2.05) is 6.92 Å². The molecule has 0 aromatic heterocycles. The molecule has 0 unspecified atom stereocenters. The molecule has 1 amide bonds. The number of amides is 1. The van der Waals surface area contributed by atoms with Gasteiger partial charge < -0.3 is 14.4 Å². The predicted molar refractivity (Wildman–Crippen MR) is 90.1 cm³/mol. The van der Waals surface area contributed by atoms with Gasteiger partial charge in [-0.3, -0.25) is 10.1 Å². The van der Waals surface area contributed by atoms with Crippen molar-refractivity contribution in [3.05, 3.63) is 29.8 Å². The Bertz CT molecular complexity index is 540. The molecule has 0 atom stereocenters. The zero-order chi connectivity index (χ0) is 16.5. The summed E-state index contributed by atoms with van der Waals surface area (Å²) >= 11 is 0. The van der Waals surface area contributed by atoms with E-state index in [0.717, 1.165) is 19.6 Å². The third-order valence-electron chi connectivity index (χ3n) is 3.70. The van der Waals surface area contributed by atoms with Gasteiger partial charge in [-0.2, -0.15) is 0 Å². The second-order valence-electron chi connectivity index (χ2n) is 5.35. The first-order chi connectivity index (χ1) is 11.2. The highest BCUT2D eigenvalue weighted by atomic mass is 16.5. The molecule has 0 spiro atoms. The lowest BCUT2D eigenvalue weighted by Crippen LogP contribution is -2.33. The highest BCUT2D eigenvalue weighted by Gasteiger charge is 2.12. The predicted octanol–water partition coefficient (Wildman–Crippen LogP) is 1.91. The van der Waals surface area contributed by atoms with Crippen LogP contribution in [0.1, 0.15) is 30.1 Å². The van der Waals surface area contributed by atoms with E-state index in [4.69, 9.17) is 9.47 Å². The van der Waals surface area contributed by atoms with E-state index in [0.29, 0.717) is 24.5 Å². The lowest BCUT2D eigenvalue weighted by molar-refractivity contribution is 0.0966. The number of likely N-dealkylation sites (tertiary alicyclic amines) is 1. The first kappa shape index (κ1) is 17.3. The molecule has 1 N–H and O–H groups in total. The molecule has 0 bridgehead atoms. The number of hydrogen-bond acceptors (Lipinski definition) is 5. The maximum absolute atomic E-state index is 12.3. The summed E-state index contributed by atoms with van der Waals surface area (Å²) in [6.45, 7) is 6.11. The Labute approximate surface area is 137 Å². The van der Waals surface area contributed by atoms with Gasteiger partial charge in [0.05, 0.1) is 20.3 Å². The van der Waals surface area contributed by atoms with Gasteiger partial charge in [0.1, 0.15) is 5.75 Å². The number of hydrogen-bond donors (Lipinski definition) is 1. The minimum absolute atomic E-state index is 0.253. The minimum atomic E-state index is -0.253. The monoisotopic (exact) mass is 319 g/mol. The molecule has 1 aromatic carbocycles. The third-order valence-corrected chi connectivity index (χ3v) is 3.70. The smallest absolute Gasteiger partial charge is 0.291 e. The Hall–Kier alpha value is -2.08. The molecule has 126 valence electrons. The van der Waals surface area contributed by atoms with Gasteiger partial charge in [-0.25, -0.2) is 4.99 Å². The Morgan fingerprint density at radius 1 is 1.35 bits per heavy atom. The van der Waals surface area contributed by atoms with Crippen LogP contribution < -0.4 is 10.1 Å². The molecule has 6 heteroatoms. The fourth-order valence-electron chi connectivity index (χ4n) is 2.49. The van der Waals surface area contributed by atoms with Crippen LogP contribution in [0.5, 0.6) is 5.75 Å². The summed E-state index contributed by atoms with van der Waals surface area (Å²) < 4.78 is 10.6. The fourth-order valence-corrected chi connectivity index (χ4v) is 2.49. The number of rotatable bonds is 6. The van der Waals surface area contributed by atoms with Crippen LogP contribution in [0.3, 0.4) is 0 Å². The largest absolute Gasteiger partial charge is 0.497 e. The van der Waals surface area contributed by atoms with E-state index in [9.17, 15) is 4.79 Å². The number of carbonyl (C=O) groups is 1. The minimum Gasteiger partial charge on any atom is -0.497 e. The summed E-state index contributed by atoms with van der Waals surface area (Å²) in [6.07, 6.45) is 2.52. The maximum atomic E-state index is 12.3. The van der Waals surface area contributed by atoms with E-state index in [1.54, 1.807) is 31.4 Å². The summed E-state index contributed by atoms with van der Waals surface area (Å²) in [7, 11) is 1.57. The summed E-state index contributed by atoms with van der Waals surface area (Å²) in [4.78, 5) is 19.0. The van der Waals surface area contributed by atoms with Crippen LogP contribution in [0.2, 0.25) is 0 Å². The number of amidine groups is 1.